The van der Waals surface area contributed by atoms with Gasteiger partial charge in [0.25, 0.3) is 15.9 Å². The number of sulfonamides is 1. The molecule has 0 radical (unpaired) electrons. The topological polar surface area (TPSA) is 121 Å². The molecule has 1 fully saturated rings. The second kappa shape index (κ2) is 11.4. The van der Waals surface area contributed by atoms with Gasteiger partial charge in [0, 0.05) is 35.2 Å². The molecule has 1 aliphatic heterocycles. The molecule has 0 bridgehead atoms. The first-order chi connectivity index (χ1) is 18.8. The molecule has 0 saturated carbocycles. The molecule has 9 nitrogen and oxygen atoms in total. The van der Waals surface area contributed by atoms with Crippen LogP contribution in [0.25, 0.3) is 0 Å². The highest BCUT2D eigenvalue weighted by molar-refractivity contribution is 8.00. The van der Waals surface area contributed by atoms with E-state index in [0.29, 0.717) is 28.6 Å². The minimum Gasteiger partial charge on any atom is -0.322 e. The Hall–Kier alpha value is -3.93. The van der Waals surface area contributed by atoms with Crippen molar-refractivity contribution in [3.63, 3.8) is 0 Å². The lowest BCUT2D eigenvalue weighted by Crippen LogP contribution is -2.27. The SMILES string of the molecule is O=C(Nc1ccc(S(=O)(=O)Nc2ncccn2)cc1)c1ccc([C@@H]2SCC(=O)N2Cc2ccc(Cl)cc2)cc1. The van der Waals surface area contributed by atoms with Crippen molar-refractivity contribution in [1.29, 1.82) is 0 Å². The molecule has 1 saturated heterocycles. The molecule has 2 amide bonds. The maximum atomic E-state index is 12.8. The lowest BCUT2D eigenvalue weighted by molar-refractivity contribution is -0.128. The zero-order valence-corrected chi connectivity index (χ0v) is 22.7. The molecule has 198 valence electrons. The number of hydrogen-bond donors (Lipinski definition) is 2. The van der Waals surface area contributed by atoms with Crippen LogP contribution in [0.1, 0.15) is 26.9 Å². The Morgan fingerprint density at radius 3 is 2.31 bits per heavy atom. The Labute approximate surface area is 234 Å². The number of anilines is 2. The summed E-state index contributed by atoms with van der Waals surface area (Å²) in [6.07, 6.45) is 2.86. The lowest BCUT2D eigenvalue weighted by Gasteiger charge is -2.24. The van der Waals surface area contributed by atoms with Gasteiger partial charge in [-0.15, -0.1) is 11.8 Å². The zero-order chi connectivity index (χ0) is 27.4. The predicted octanol–water partition coefficient (Wildman–Crippen LogP) is 4.96. The molecule has 0 aliphatic carbocycles. The molecule has 5 rings (SSSR count). The number of hydrogen-bond acceptors (Lipinski definition) is 7. The highest BCUT2D eigenvalue weighted by Gasteiger charge is 2.32. The first-order valence-electron chi connectivity index (χ1n) is 11.8. The van der Waals surface area contributed by atoms with Gasteiger partial charge in [-0.25, -0.2) is 23.1 Å². The van der Waals surface area contributed by atoms with E-state index in [1.165, 1.54) is 36.7 Å². The predicted molar refractivity (Wildman–Crippen MR) is 151 cm³/mol. The number of halogens is 1. The molecule has 1 aliphatic rings. The quantitative estimate of drug-likeness (QED) is 0.303. The number of benzene rings is 3. The monoisotopic (exact) mass is 579 g/mol. The normalized spacial score (nSPS) is 15.3. The summed E-state index contributed by atoms with van der Waals surface area (Å²) < 4.78 is 27.4. The molecule has 3 aromatic carbocycles. The lowest BCUT2D eigenvalue weighted by atomic mass is 10.1. The van der Waals surface area contributed by atoms with Gasteiger partial charge in [-0.2, -0.15) is 0 Å². The fourth-order valence-corrected chi connectivity index (χ4v) is 6.21. The van der Waals surface area contributed by atoms with Gasteiger partial charge in [0.05, 0.1) is 10.6 Å². The molecule has 12 heteroatoms. The van der Waals surface area contributed by atoms with Crippen molar-refractivity contribution >= 4 is 56.8 Å². The van der Waals surface area contributed by atoms with E-state index in [4.69, 9.17) is 11.6 Å². The Kier molecular flexibility index (Phi) is 7.82. The molecule has 4 aromatic rings. The number of rotatable bonds is 8. The first-order valence-corrected chi connectivity index (χ1v) is 14.7. The maximum Gasteiger partial charge on any atom is 0.264 e. The van der Waals surface area contributed by atoms with Crippen molar-refractivity contribution in [2.24, 2.45) is 0 Å². The molecule has 1 aromatic heterocycles. The van der Waals surface area contributed by atoms with Crippen LogP contribution in [0.2, 0.25) is 5.02 Å². The summed E-state index contributed by atoms with van der Waals surface area (Å²) in [6.45, 7) is 0.468. The van der Waals surface area contributed by atoms with E-state index in [-0.39, 0.29) is 28.0 Å². The van der Waals surface area contributed by atoms with Crippen LogP contribution in [0.15, 0.2) is 96.2 Å². The van der Waals surface area contributed by atoms with E-state index < -0.39 is 10.0 Å². The highest BCUT2D eigenvalue weighted by Crippen LogP contribution is 2.39. The van der Waals surface area contributed by atoms with Crippen LogP contribution in [0, 0.1) is 0 Å². The fourth-order valence-electron chi connectivity index (χ4n) is 3.94. The van der Waals surface area contributed by atoms with E-state index in [1.54, 1.807) is 42.1 Å². The van der Waals surface area contributed by atoms with E-state index >= 15 is 0 Å². The Bertz CT molecular complexity index is 1580. The van der Waals surface area contributed by atoms with Gasteiger partial charge in [-0.05, 0) is 65.7 Å². The van der Waals surface area contributed by atoms with Crippen LogP contribution in [-0.2, 0) is 21.4 Å². The van der Waals surface area contributed by atoms with E-state index in [2.05, 4.69) is 20.0 Å². The summed E-state index contributed by atoms with van der Waals surface area (Å²) in [4.78, 5) is 34.9. The number of nitrogens with one attached hydrogen (secondary N) is 2. The van der Waals surface area contributed by atoms with Gasteiger partial charge in [0.2, 0.25) is 11.9 Å². The minimum atomic E-state index is -3.88. The number of carbonyl (C=O) groups is 2. The number of aromatic nitrogens is 2. The van der Waals surface area contributed by atoms with Gasteiger partial charge in [0.1, 0.15) is 5.37 Å². The second-order valence-corrected chi connectivity index (χ2v) is 11.8. The van der Waals surface area contributed by atoms with Crippen LogP contribution in [-0.4, -0.2) is 40.9 Å². The summed E-state index contributed by atoms with van der Waals surface area (Å²) in [6, 6.07) is 21.8. The number of nitrogens with zero attached hydrogens (tertiary/aromatic N) is 3. The smallest absolute Gasteiger partial charge is 0.264 e. The van der Waals surface area contributed by atoms with Crippen molar-refractivity contribution in [2.75, 3.05) is 15.8 Å². The van der Waals surface area contributed by atoms with Crippen molar-refractivity contribution in [2.45, 2.75) is 16.8 Å². The summed E-state index contributed by atoms with van der Waals surface area (Å²) in [7, 11) is -3.88. The summed E-state index contributed by atoms with van der Waals surface area (Å²) in [5.41, 5.74) is 2.77. The minimum absolute atomic E-state index is 0.00377. The molecule has 0 spiro atoms. The van der Waals surface area contributed by atoms with E-state index in [1.807, 2.05) is 29.2 Å². The number of thioether (sulfide) groups is 1. The summed E-state index contributed by atoms with van der Waals surface area (Å²) in [5.74, 6) is 0.0618. The molecular weight excluding hydrogens is 558 g/mol. The second-order valence-electron chi connectivity index (χ2n) is 8.59. The zero-order valence-electron chi connectivity index (χ0n) is 20.3. The van der Waals surface area contributed by atoms with Crippen molar-refractivity contribution in [3.05, 3.63) is 113 Å². The highest BCUT2D eigenvalue weighted by atomic mass is 35.5. The average Bonchev–Trinajstić information content (AvgIpc) is 3.30. The molecule has 1 atom stereocenters. The van der Waals surface area contributed by atoms with E-state index in [9.17, 15) is 18.0 Å². The summed E-state index contributed by atoms with van der Waals surface area (Å²) >= 11 is 7.52. The van der Waals surface area contributed by atoms with Crippen LogP contribution in [0.3, 0.4) is 0 Å². The molecule has 0 unspecified atom stereocenters. The number of amides is 2. The van der Waals surface area contributed by atoms with Crippen LogP contribution >= 0.6 is 23.4 Å². The Balaban J connectivity index is 1.23. The first kappa shape index (κ1) is 26.7. The van der Waals surface area contributed by atoms with Crippen LogP contribution < -0.4 is 10.0 Å². The fraction of sp³-hybridized carbons (Fsp3) is 0.111. The van der Waals surface area contributed by atoms with Crippen molar-refractivity contribution in [3.8, 4) is 0 Å². The van der Waals surface area contributed by atoms with Crippen LogP contribution in [0.5, 0.6) is 0 Å². The van der Waals surface area contributed by atoms with Crippen molar-refractivity contribution in [1.82, 2.24) is 14.9 Å². The Morgan fingerprint density at radius 2 is 1.64 bits per heavy atom. The van der Waals surface area contributed by atoms with Gasteiger partial charge >= 0.3 is 0 Å². The molecule has 2 heterocycles. The van der Waals surface area contributed by atoms with Gasteiger partial charge in [-0.3, -0.25) is 9.59 Å². The average molecular weight is 580 g/mol. The van der Waals surface area contributed by atoms with Gasteiger partial charge in [-0.1, -0.05) is 35.9 Å². The third-order valence-corrected chi connectivity index (χ3v) is 8.76. The standard InChI is InChI=1S/C27H22ClN5O4S2/c28-21-8-2-18(3-9-21)16-33-24(34)17-38-26(33)20-6-4-19(5-7-20)25(35)31-22-10-12-23(13-11-22)39(36,37)32-27-29-14-1-15-30-27/h1-15,26H,16-17H2,(H,31,35)(H,29,30,32)/t26-/m0/s1. The number of carbonyl (C=O) groups excluding carboxylic acids is 2. The maximum absolute atomic E-state index is 12.8. The molecule has 39 heavy (non-hydrogen) atoms. The van der Waals surface area contributed by atoms with Gasteiger partial charge < -0.3 is 10.2 Å². The van der Waals surface area contributed by atoms with Crippen LogP contribution in [0.4, 0.5) is 11.6 Å². The Morgan fingerprint density at radius 1 is 0.974 bits per heavy atom. The summed E-state index contributed by atoms with van der Waals surface area (Å²) in [5, 5.41) is 3.25. The largest absolute Gasteiger partial charge is 0.322 e. The van der Waals surface area contributed by atoms with Crippen molar-refractivity contribution < 1.29 is 18.0 Å². The molecular formula is C27H22ClN5O4S2. The third-order valence-electron chi connectivity index (χ3n) is 5.91. The molecule has 2 N–H and O–H groups in total. The third kappa shape index (κ3) is 6.39. The van der Waals surface area contributed by atoms with E-state index in [0.717, 1.165) is 11.1 Å². The van der Waals surface area contributed by atoms with Gasteiger partial charge in [0.15, 0.2) is 0 Å².